The Morgan fingerprint density at radius 1 is 1.33 bits per heavy atom. The van der Waals surface area contributed by atoms with Crippen LogP contribution < -0.4 is 5.32 Å². The van der Waals surface area contributed by atoms with Crippen LogP contribution in [0.15, 0.2) is 12.1 Å². The molecule has 2 aliphatic rings. The Kier molecular flexibility index (Phi) is 3.55. The number of amides is 2. The van der Waals surface area contributed by atoms with Crippen molar-refractivity contribution in [3.8, 4) is 0 Å². The minimum atomic E-state index is -1.15. The van der Waals surface area contributed by atoms with E-state index in [1.54, 1.807) is 18.0 Å². The summed E-state index contributed by atoms with van der Waals surface area (Å²) < 4.78 is 0. The maximum atomic E-state index is 12.3. The number of nitrogens with zero attached hydrogens (tertiary/aromatic N) is 2. The predicted molar refractivity (Wildman–Crippen MR) is 78.4 cm³/mol. The Balaban J connectivity index is 1.96. The molecule has 0 unspecified atom stereocenters. The highest BCUT2D eigenvalue weighted by molar-refractivity contribution is 6.06. The van der Waals surface area contributed by atoms with Crippen molar-refractivity contribution in [1.82, 2.24) is 9.80 Å². The number of fused-ring (bicyclic) bond motifs is 1. The maximum absolute atomic E-state index is 12.3. The predicted octanol–water partition coefficient (Wildman–Crippen LogP) is 1.96. The van der Waals surface area contributed by atoms with Gasteiger partial charge in [-0.1, -0.05) is 6.07 Å². The van der Waals surface area contributed by atoms with E-state index < -0.39 is 6.09 Å². The molecule has 0 radical (unpaired) electrons. The highest BCUT2D eigenvalue weighted by Crippen LogP contribution is 2.32. The van der Waals surface area contributed by atoms with Gasteiger partial charge in [0.25, 0.3) is 5.91 Å². The number of carbonyl (C=O) groups excluding carboxylic acids is 1. The first-order chi connectivity index (χ1) is 10.1. The zero-order valence-corrected chi connectivity index (χ0v) is 12.1. The van der Waals surface area contributed by atoms with Gasteiger partial charge in [-0.3, -0.25) is 15.0 Å². The van der Waals surface area contributed by atoms with Gasteiger partial charge in [0, 0.05) is 20.1 Å². The number of hydrogen-bond acceptors (Lipinski definition) is 3. The molecule has 112 valence electrons. The van der Waals surface area contributed by atoms with Gasteiger partial charge in [0.15, 0.2) is 0 Å². The summed E-state index contributed by atoms with van der Waals surface area (Å²) in [5.41, 5.74) is 2.98. The van der Waals surface area contributed by atoms with Gasteiger partial charge in [-0.15, -0.1) is 0 Å². The summed E-state index contributed by atoms with van der Waals surface area (Å²) >= 11 is 0. The average molecular weight is 289 g/mol. The second-order valence-corrected chi connectivity index (χ2v) is 5.70. The van der Waals surface area contributed by atoms with Crippen molar-refractivity contribution >= 4 is 17.7 Å². The molecule has 0 spiro atoms. The zero-order valence-electron chi connectivity index (χ0n) is 12.1. The molecule has 2 heterocycles. The van der Waals surface area contributed by atoms with Crippen LogP contribution in [0.4, 0.5) is 10.5 Å². The molecule has 0 bridgehead atoms. The minimum absolute atomic E-state index is 0.114. The molecule has 3 rings (SSSR count). The molecule has 2 amide bonds. The van der Waals surface area contributed by atoms with Crippen molar-refractivity contribution in [3.63, 3.8) is 0 Å². The van der Waals surface area contributed by atoms with E-state index in [1.165, 1.54) is 12.8 Å². The van der Waals surface area contributed by atoms with Gasteiger partial charge in [-0.25, -0.2) is 4.79 Å². The molecular formula is C15H19N3O3. The van der Waals surface area contributed by atoms with Crippen LogP contribution in [0.3, 0.4) is 0 Å². The van der Waals surface area contributed by atoms with E-state index in [0.717, 1.165) is 30.8 Å². The van der Waals surface area contributed by atoms with Crippen molar-refractivity contribution < 1.29 is 14.7 Å². The van der Waals surface area contributed by atoms with Gasteiger partial charge in [0.1, 0.15) is 0 Å². The lowest BCUT2D eigenvalue weighted by Gasteiger charge is -2.17. The normalized spacial score (nSPS) is 18.1. The number of anilines is 1. The molecule has 0 aliphatic carbocycles. The molecule has 6 heteroatoms. The number of likely N-dealkylation sites (tertiary alicyclic amines) is 1. The number of hydrogen-bond donors (Lipinski definition) is 2. The fraction of sp³-hybridized carbons (Fsp3) is 0.467. The van der Waals surface area contributed by atoms with E-state index in [0.29, 0.717) is 17.8 Å². The lowest BCUT2D eigenvalue weighted by Crippen LogP contribution is -2.20. The first kappa shape index (κ1) is 13.9. The average Bonchev–Trinajstić information content (AvgIpc) is 3.02. The maximum Gasteiger partial charge on any atom is 0.409 e. The largest absolute Gasteiger partial charge is 0.465 e. The van der Waals surface area contributed by atoms with Crippen LogP contribution >= 0.6 is 0 Å². The summed E-state index contributed by atoms with van der Waals surface area (Å²) in [6.45, 7) is 3.56. The second kappa shape index (κ2) is 5.37. The minimum Gasteiger partial charge on any atom is -0.465 e. The van der Waals surface area contributed by atoms with Gasteiger partial charge in [0.2, 0.25) is 0 Å². The molecule has 0 aromatic heterocycles. The summed E-state index contributed by atoms with van der Waals surface area (Å²) in [6.07, 6.45) is 1.30. The second-order valence-electron chi connectivity index (χ2n) is 5.70. The Bertz CT molecular complexity index is 594. The van der Waals surface area contributed by atoms with E-state index in [-0.39, 0.29) is 5.91 Å². The number of benzene rings is 1. The van der Waals surface area contributed by atoms with E-state index >= 15 is 0 Å². The lowest BCUT2D eigenvalue weighted by atomic mass is 10.0. The molecule has 0 atom stereocenters. The Morgan fingerprint density at radius 3 is 2.71 bits per heavy atom. The third-order valence-corrected chi connectivity index (χ3v) is 4.20. The molecule has 2 N–H and O–H groups in total. The van der Waals surface area contributed by atoms with Gasteiger partial charge in [0.05, 0.1) is 11.3 Å². The third kappa shape index (κ3) is 2.58. The SMILES string of the molecule is CN1Cc2c(CN3CCCC3)ccc(NC(=O)O)c2C1=O. The lowest BCUT2D eigenvalue weighted by molar-refractivity contribution is 0.0817. The number of carbonyl (C=O) groups is 2. The third-order valence-electron chi connectivity index (χ3n) is 4.20. The summed E-state index contributed by atoms with van der Waals surface area (Å²) in [5, 5.41) is 11.2. The topological polar surface area (TPSA) is 72.9 Å². The molecule has 1 fully saturated rings. The van der Waals surface area contributed by atoms with Gasteiger partial charge in [-0.2, -0.15) is 0 Å². The Labute approximate surface area is 123 Å². The van der Waals surface area contributed by atoms with Crippen molar-refractivity contribution in [2.24, 2.45) is 0 Å². The first-order valence-corrected chi connectivity index (χ1v) is 7.19. The summed E-state index contributed by atoms with van der Waals surface area (Å²) in [6, 6.07) is 3.64. The van der Waals surface area contributed by atoms with Crippen molar-refractivity contribution in [1.29, 1.82) is 0 Å². The fourth-order valence-electron chi connectivity index (χ4n) is 3.16. The van der Waals surface area contributed by atoms with Gasteiger partial charge < -0.3 is 10.0 Å². The first-order valence-electron chi connectivity index (χ1n) is 7.19. The fourth-order valence-corrected chi connectivity index (χ4v) is 3.16. The van der Waals surface area contributed by atoms with Crippen molar-refractivity contribution in [3.05, 3.63) is 28.8 Å². The Morgan fingerprint density at radius 2 is 2.05 bits per heavy atom. The standard InChI is InChI=1S/C15H19N3O3/c1-17-9-11-10(8-18-6-2-3-7-18)4-5-12(16-15(20)21)13(11)14(17)19/h4-5,16H,2-3,6-9H2,1H3,(H,20,21). The quantitative estimate of drug-likeness (QED) is 0.892. The van der Waals surface area contributed by atoms with Crippen molar-refractivity contribution in [2.75, 3.05) is 25.5 Å². The van der Waals surface area contributed by atoms with E-state index in [2.05, 4.69) is 10.2 Å². The number of nitrogens with one attached hydrogen (secondary N) is 1. The molecular weight excluding hydrogens is 270 g/mol. The molecule has 1 saturated heterocycles. The Hall–Kier alpha value is -2.08. The van der Waals surface area contributed by atoms with Gasteiger partial charge in [-0.05, 0) is 43.1 Å². The molecule has 21 heavy (non-hydrogen) atoms. The number of carboxylic acid groups (broad SMARTS) is 1. The van der Waals surface area contributed by atoms with Crippen LogP contribution in [0.25, 0.3) is 0 Å². The summed E-state index contributed by atoms with van der Waals surface area (Å²) in [5.74, 6) is -0.114. The molecule has 1 aromatic rings. The molecule has 6 nitrogen and oxygen atoms in total. The van der Waals surface area contributed by atoms with Crippen LogP contribution in [0, 0.1) is 0 Å². The summed E-state index contributed by atoms with van der Waals surface area (Å²) in [4.78, 5) is 27.2. The van der Waals surface area contributed by atoms with Crippen LogP contribution in [0.2, 0.25) is 0 Å². The smallest absolute Gasteiger partial charge is 0.409 e. The summed E-state index contributed by atoms with van der Waals surface area (Å²) in [7, 11) is 1.74. The van der Waals surface area contributed by atoms with Crippen LogP contribution in [-0.4, -0.2) is 47.0 Å². The van der Waals surface area contributed by atoms with Crippen LogP contribution in [0.5, 0.6) is 0 Å². The molecule has 0 saturated carbocycles. The molecule has 2 aliphatic heterocycles. The monoisotopic (exact) mass is 289 g/mol. The van der Waals surface area contributed by atoms with E-state index in [4.69, 9.17) is 5.11 Å². The van der Waals surface area contributed by atoms with Crippen LogP contribution in [0.1, 0.15) is 34.3 Å². The van der Waals surface area contributed by atoms with E-state index in [9.17, 15) is 9.59 Å². The highest BCUT2D eigenvalue weighted by atomic mass is 16.4. The van der Waals surface area contributed by atoms with E-state index in [1.807, 2.05) is 6.07 Å². The zero-order chi connectivity index (χ0) is 15.0. The van der Waals surface area contributed by atoms with Crippen LogP contribution in [-0.2, 0) is 13.1 Å². The number of rotatable bonds is 3. The van der Waals surface area contributed by atoms with Crippen molar-refractivity contribution in [2.45, 2.75) is 25.9 Å². The highest BCUT2D eigenvalue weighted by Gasteiger charge is 2.30. The van der Waals surface area contributed by atoms with Gasteiger partial charge >= 0.3 is 6.09 Å². The molecule has 1 aromatic carbocycles.